The van der Waals surface area contributed by atoms with Crippen LogP contribution in [-0.4, -0.2) is 29.8 Å². The van der Waals surface area contributed by atoms with Crippen molar-refractivity contribution in [3.05, 3.63) is 0 Å². The van der Waals surface area contributed by atoms with Crippen molar-refractivity contribution in [1.29, 1.82) is 0 Å². The molecule has 0 radical (unpaired) electrons. The summed E-state index contributed by atoms with van der Waals surface area (Å²) in [5, 5.41) is 11.6. The molecular formula is C14H25NO4. The third-order valence-corrected chi connectivity index (χ3v) is 3.62. The normalized spacial score (nSPS) is 17.7. The lowest BCUT2D eigenvalue weighted by Crippen LogP contribution is -2.42. The monoisotopic (exact) mass is 271 g/mol. The lowest BCUT2D eigenvalue weighted by molar-refractivity contribution is -0.139. The molecule has 0 spiro atoms. The van der Waals surface area contributed by atoms with Crippen molar-refractivity contribution in [3.8, 4) is 0 Å². The Kier molecular flexibility index (Phi) is 7.30. The molecule has 0 saturated heterocycles. The molecule has 2 N–H and O–H groups in total. The van der Waals surface area contributed by atoms with Crippen LogP contribution in [0, 0.1) is 5.92 Å². The van der Waals surface area contributed by atoms with Gasteiger partial charge in [0.15, 0.2) is 0 Å². The number of carboxylic acid groups (broad SMARTS) is 1. The number of unbranched alkanes of at least 4 members (excludes halogenated alkanes) is 1. The predicted octanol–water partition coefficient (Wildman–Crippen LogP) is 2.94. The summed E-state index contributed by atoms with van der Waals surface area (Å²) in [5.74, 6) is -0.566. The molecule has 5 heteroatoms. The second-order valence-corrected chi connectivity index (χ2v) is 5.26. The molecule has 0 heterocycles. The lowest BCUT2D eigenvalue weighted by Gasteiger charge is -2.24. The highest BCUT2D eigenvalue weighted by atomic mass is 16.5. The Labute approximate surface area is 114 Å². The van der Waals surface area contributed by atoms with E-state index in [1.807, 2.05) is 6.92 Å². The number of ether oxygens (including phenoxy) is 1. The molecule has 1 aliphatic rings. The van der Waals surface area contributed by atoms with Crippen LogP contribution in [0.3, 0.4) is 0 Å². The van der Waals surface area contributed by atoms with Gasteiger partial charge in [-0.1, -0.05) is 45.4 Å². The zero-order valence-corrected chi connectivity index (χ0v) is 11.7. The van der Waals surface area contributed by atoms with Crippen LogP contribution < -0.4 is 5.32 Å². The number of rotatable bonds is 7. The molecule has 0 bridgehead atoms. The summed E-state index contributed by atoms with van der Waals surface area (Å²) in [7, 11) is 0. The molecule has 0 unspecified atom stereocenters. The Morgan fingerprint density at radius 3 is 2.58 bits per heavy atom. The summed E-state index contributed by atoms with van der Waals surface area (Å²) in [6, 6.07) is -0.822. The molecule has 0 aromatic carbocycles. The highest BCUT2D eigenvalue weighted by Crippen LogP contribution is 2.27. The molecule has 110 valence electrons. The van der Waals surface area contributed by atoms with Gasteiger partial charge in [-0.2, -0.15) is 0 Å². The highest BCUT2D eigenvalue weighted by Gasteiger charge is 2.25. The molecule has 1 saturated carbocycles. The quantitative estimate of drug-likeness (QED) is 0.698. The molecule has 1 atom stereocenters. The van der Waals surface area contributed by atoms with Crippen LogP contribution in [0.15, 0.2) is 0 Å². The number of hydrogen-bond acceptors (Lipinski definition) is 3. The second kappa shape index (κ2) is 8.77. The summed E-state index contributed by atoms with van der Waals surface area (Å²) in [6.07, 6.45) is 7.34. The van der Waals surface area contributed by atoms with E-state index in [0.717, 1.165) is 38.5 Å². The van der Waals surface area contributed by atoms with E-state index in [1.165, 1.54) is 6.42 Å². The SMILES string of the molecule is CCCCOC(=O)N[C@H](CC1CCCCC1)C(=O)O. The first-order valence-corrected chi connectivity index (χ1v) is 7.29. The Hall–Kier alpha value is -1.26. The highest BCUT2D eigenvalue weighted by molar-refractivity contribution is 5.79. The van der Waals surface area contributed by atoms with Crippen LogP contribution in [0.1, 0.15) is 58.3 Å². The van der Waals surface area contributed by atoms with Gasteiger partial charge < -0.3 is 15.2 Å². The minimum atomic E-state index is -0.974. The molecule has 0 aromatic rings. The Morgan fingerprint density at radius 1 is 1.32 bits per heavy atom. The van der Waals surface area contributed by atoms with E-state index in [-0.39, 0.29) is 0 Å². The van der Waals surface area contributed by atoms with Crippen molar-refractivity contribution >= 4 is 12.1 Å². The minimum absolute atomic E-state index is 0.345. The Bertz CT molecular complexity index is 287. The Balaban J connectivity index is 2.34. The zero-order chi connectivity index (χ0) is 14.1. The lowest BCUT2D eigenvalue weighted by atomic mass is 9.85. The molecule has 1 aliphatic carbocycles. The molecule has 0 aliphatic heterocycles. The number of aliphatic carboxylic acids is 1. The number of carbonyl (C=O) groups excluding carboxylic acids is 1. The first-order valence-electron chi connectivity index (χ1n) is 7.29. The van der Waals surface area contributed by atoms with Gasteiger partial charge in [-0.15, -0.1) is 0 Å². The molecule has 1 fully saturated rings. The fourth-order valence-electron chi connectivity index (χ4n) is 2.47. The molecule has 0 aromatic heterocycles. The second-order valence-electron chi connectivity index (χ2n) is 5.26. The standard InChI is InChI=1S/C14H25NO4/c1-2-3-9-19-14(18)15-12(13(16)17)10-11-7-5-4-6-8-11/h11-12H,2-10H2,1H3,(H,15,18)(H,16,17)/t12-/m1/s1. The molecule has 1 amide bonds. The van der Waals surface area contributed by atoms with E-state index in [2.05, 4.69) is 5.32 Å². The summed E-state index contributed by atoms with van der Waals surface area (Å²) in [5.41, 5.74) is 0. The molecule has 1 rings (SSSR count). The molecule has 5 nitrogen and oxygen atoms in total. The van der Waals surface area contributed by atoms with Crippen molar-refractivity contribution < 1.29 is 19.4 Å². The van der Waals surface area contributed by atoms with Crippen molar-refractivity contribution in [2.75, 3.05) is 6.61 Å². The smallest absolute Gasteiger partial charge is 0.407 e. The van der Waals surface area contributed by atoms with Crippen LogP contribution >= 0.6 is 0 Å². The van der Waals surface area contributed by atoms with Crippen molar-refractivity contribution in [1.82, 2.24) is 5.32 Å². The van der Waals surface area contributed by atoms with Gasteiger partial charge in [0, 0.05) is 0 Å². The van der Waals surface area contributed by atoms with Crippen LogP contribution in [0.25, 0.3) is 0 Å². The largest absolute Gasteiger partial charge is 0.480 e. The van der Waals surface area contributed by atoms with Crippen LogP contribution in [0.2, 0.25) is 0 Å². The van der Waals surface area contributed by atoms with E-state index >= 15 is 0 Å². The summed E-state index contributed by atoms with van der Waals surface area (Å²) >= 11 is 0. The number of amides is 1. The van der Waals surface area contributed by atoms with Gasteiger partial charge in [-0.3, -0.25) is 0 Å². The van der Waals surface area contributed by atoms with E-state index < -0.39 is 18.1 Å². The third-order valence-electron chi connectivity index (χ3n) is 3.62. The van der Waals surface area contributed by atoms with E-state index in [4.69, 9.17) is 9.84 Å². The van der Waals surface area contributed by atoms with Gasteiger partial charge in [0.05, 0.1) is 6.61 Å². The maximum Gasteiger partial charge on any atom is 0.407 e. The number of hydrogen-bond donors (Lipinski definition) is 2. The number of alkyl carbamates (subject to hydrolysis) is 1. The first kappa shape index (κ1) is 15.8. The van der Waals surface area contributed by atoms with Crippen molar-refractivity contribution in [2.24, 2.45) is 5.92 Å². The average Bonchev–Trinajstić information content (AvgIpc) is 2.39. The van der Waals surface area contributed by atoms with Gasteiger partial charge >= 0.3 is 12.1 Å². The fraction of sp³-hybridized carbons (Fsp3) is 0.857. The number of carbonyl (C=O) groups is 2. The van der Waals surface area contributed by atoms with Gasteiger partial charge in [0.1, 0.15) is 6.04 Å². The van der Waals surface area contributed by atoms with Crippen LogP contribution in [0.5, 0.6) is 0 Å². The van der Waals surface area contributed by atoms with Gasteiger partial charge in [0.25, 0.3) is 0 Å². The van der Waals surface area contributed by atoms with Gasteiger partial charge in [-0.25, -0.2) is 9.59 Å². The van der Waals surface area contributed by atoms with E-state index in [9.17, 15) is 9.59 Å². The summed E-state index contributed by atoms with van der Waals surface area (Å²) in [4.78, 5) is 22.6. The third kappa shape index (κ3) is 6.45. The van der Waals surface area contributed by atoms with Gasteiger partial charge in [-0.05, 0) is 18.8 Å². The van der Waals surface area contributed by atoms with Crippen molar-refractivity contribution in [3.63, 3.8) is 0 Å². The number of carboxylic acids is 1. The zero-order valence-electron chi connectivity index (χ0n) is 11.7. The summed E-state index contributed by atoms with van der Waals surface area (Å²) in [6.45, 7) is 2.35. The topological polar surface area (TPSA) is 75.6 Å². The van der Waals surface area contributed by atoms with E-state index in [0.29, 0.717) is 18.9 Å². The molecule has 19 heavy (non-hydrogen) atoms. The predicted molar refractivity (Wildman–Crippen MR) is 72.0 cm³/mol. The number of nitrogens with one attached hydrogen (secondary N) is 1. The van der Waals surface area contributed by atoms with E-state index in [1.54, 1.807) is 0 Å². The van der Waals surface area contributed by atoms with Crippen LogP contribution in [-0.2, 0) is 9.53 Å². The molecular weight excluding hydrogens is 246 g/mol. The Morgan fingerprint density at radius 2 is 2.00 bits per heavy atom. The van der Waals surface area contributed by atoms with Crippen LogP contribution in [0.4, 0.5) is 4.79 Å². The fourth-order valence-corrected chi connectivity index (χ4v) is 2.47. The first-order chi connectivity index (χ1) is 9.13. The summed E-state index contributed by atoms with van der Waals surface area (Å²) < 4.78 is 4.94. The minimum Gasteiger partial charge on any atom is -0.480 e. The van der Waals surface area contributed by atoms with Crippen molar-refractivity contribution in [2.45, 2.75) is 64.3 Å². The van der Waals surface area contributed by atoms with Gasteiger partial charge in [0.2, 0.25) is 0 Å². The maximum atomic E-state index is 11.5. The average molecular weight is 271 g/mol. The maximum absolute atomic E-state index is 11.5.